The first-order valence-corrected chi connectivity index (χ1v) is 8.56. The van der Waals surface area contributed by atoms with E-state index in [0.29, 0.717) is 6.04 Å². The van der Waals surface area contributed by atoms with Gasteiger partial charge in [-0.05, 0) is 26.7 Å². The third kappa shape index (κ3) is 3.44. The molecule has 1 amide bonds. The third-order valence-electron chi connectivity index (χ3n) is 4.27. The van der Waals surface area contributed by atoms with Gasteiger partial charge in [0.05, 0.1) is 19.3 Å². The van der Waals surface area contributed by atoms with E-state index < -0.39 is 0 Å². The van der Waals surface area contributed by atoms with E-state index in [1.165, 1.54) is 0 Å². The van der Waals surface area contributed by atoms with Crippen LogP contribution in [0, 0.1) is 5.92 Å². The number of hydrogen-bond acceptors (Lipinski definition) is 5. The average molecular weight is 309 g/mol. The molecule has 1 N–H and O–H groups in total. The summed E-state index contributed by atoms with van der Waals surface area (Å²) < 4.78 is 5.90. The number of morpholine rings is 1. The second kappa shape index (κ2) is 6.42. The number of nitrogens with one attached hydrogen (secondary N) is 1. The molecule has 2 aliphatic rings. The Morgan fingerprint density at radius 1 is 1.57 bits per heavy atom. The quantitative estimate of drug-likeness (QED) is 0.919. The zero-order valence-electron chi connectivity index (χ0n) is 12.6. The number of aromatic nitrogens is 1. The molecule has 116 valence electrons. The van der Waals surface area contributed by atoms with Crippen LogP contribution in [-0.4, -0.2) is 47.1 Å². The summed E-state index contributed by atoms with van der Waals surface area (Å²) in [6.45, 7) is 6.57. The summed E-state index contributed by atoms with van der Waals surface area (Å²) in [6, 6.07) is 0.554. The molecule has 0 unspecified atom stereocenters. The summed E-state index contributed by atoms with van der Waals surface area (Å²) >= 11 is 1.69. The highest BCUT2D eigenvalue weighted by Gasteiger charge is 2.43. The molecule has 5 nitrogen and oxygen atoms in total. The van der Waals surface area contributed by atoms with Gasteiger partial charge in [-0.15, -0.1) is 11.3 Å². The molecule has 1 saturated carbocycles. The van der Waals surface area contributed by atoms with Crippen molar-refractivity contribution in [3.05, 3.63) is 16.6 Å². The molecule has 3 atom stereocenters. The monoisotopic (exact) mass is 309 g/mol. The van der Waals surface area contributed by atoms with E-state index >= 15 is 0 Å². The summed E-state index contributed by atoms with van der Waals surface area (Å²) in [4.78, 5) is 19.0. The standard InChI is InChI=1S/C15H23N3O2S/c1-10(2)17-15(19)11-7-12-13(8-11)20-5-4-18(12)9-14-16-3-6-21-14/h3,6,10-13H,4-5,7-9H2,1-2H3,(H,17,19)/t11-,12+,13+/m0/s1. The Hall–Kier alpha value is -0.980. The van der Waals surface area contributed by atoms with Crippen molar-refractivity contribution in [3.8, 4) is 0 Å². The Kier molecular flexibility index (Phi) is 4.57. The Balaban J connectivity index is 1.63. The average Bonchev–Trinajstić information content (AvgIpc) is 3.06. The minimum absolute atomic E-state index is 0.0827. The van der Waals surface area contributed by atoms with Crippen molar-refractivity contribution in [2.75, 3.05) is 13.2 Å². The maximum absolute atomic E-state index is 12.2. The van der Waals surface area contributed by atoms with Crippen molar-refractivity contribution in [2.24, 2.45) is 5.92 Å². The van der Waals surface area contributed by atoms with E-state index in [2.05, 4.69) is 15.2 Å². The number of hydrogen-bond donors (Lipinski definition) is 1. The topological polar surface area (TPSA) is 54.5 Å². The molecule has 1 aliphatic heterocycles. The molecule has 6 heteroatoms. The Bertz CT molecular complexity index is 477. The Labute approximate surface area is 129 Å². The van der Waals surface area contributed by atoms with Gasteiger partial charge in [0.2, 0.25) is 5.91 Å². The lowest BCUT2D eigenvalue weighted by Gasteiger charge is -2.37. The molecule has 1 aromatic heterocycles. The number of thiazole rings is 1. The fourth-order valence-electron chi connectivity index (χ4n) is 3.35. The van der Waals surface area contributed by atoms with Gasteiger partial charge < -0.3 is 10.1 Å². The Morgan fingerprint density at radius 3 is 3.14 bits per heavy atom. The summed E-state index contributed by atoms with van der Waals surface area (Å²) in [7, 11) is 0. The van der Waals surface area contributed by atoms with Gasteiger partial charge in [0, 0.05) is 36.1 Å². The van der Waals surface area contributed by atoms with E-state index in [1.807, 2.05) is 25.4 Å². The lowest BCUT2D eigenvalue weighted by molar-refractivity contribution is -0.125. The van der Waals surface area contributed by atoms with Crippen LogP contribution in [0.5, 0.6) is 0 Å². The molecular weight excluding hydrogens is 286 g/mol. The summed E-state index contributed by atoms with van der Waals surface area (Å²) in [5.74, 6) is 0.261. The van der Waals surface area contributed by atoms with E-state index in [1.54, 1.807) is 11.3 Å². The molecule has 0 bridgehead atoms. The van der Waals surface area contributed by atoms with Crippen molar-refractivity contribution in [1.29, 1.82) is 0 Å². The second-order valence-electron chi connectivity index (χ2n) is 6.20. The smallest absolute Gasteiger partial charge is 0.223 e. The zero-order chi connectivity index (χ0) is 14.8. The first-order valence-electron chi connectivity index (χ1n) is 7.68. The second-order valence-corrected chi connectivity index (χ2v) is 7.18. The fraction of sp³-hybridized carbons (Fsp3) is 0.733. The predicted molar refractivity (Wildman–Crippen MR) is 82.1 cm³/mol. The van der Waals surface area contributed by atoms with Crippen LogP contribution in [0.2, 0.25) is 0 Å². The van der Waals surface area contributed by atoms with Crippen LogP contribution in [-0.2, 0) is 16.1 Å². The maximum atomic E-state index is 12.2. The molecule has 21 heavy (non-hydrogen) atoms. The number of fused-ring (bicyclic) bond motifs is 1. The van der Waals surface area contributed by atoms with Crippen molar-refractivity contribution in [1.82, 2.24) is 15.2 Å². The van der Waals surface area contributed by atoms with Crippen LogP contribution in [0.1, 0.15) is 31.7 Å². The fourth-order valence-corrected chi connectivity index (χ4v) is 3.99. The highest BCUT2D eigenvalue weighted by atomic mass is 32.1. The predicted octanol–water partition coefficient (Wildman–Crippen LogP) is 1.65. The first kappa shape index (κ1) is 14.9. The maximum Gasteiger partial charge on any atom is 0.223 e. The van der Waals surface area contributed by atoms with E-state index in [0.717, 1.165) is 37.5 Å². The van der Waals surface area contributed by atoms with Gasteiger partial charge >= 0.3 is 0 Å². The number of nitrogens with zero attached hydrogens (tertiary/aromatic N) is 2. The molecule has 2 heterocycles. The number of amides is 1. The molecule has 1 aliphatic carbocycles. The third-order valence-corrected chi connectivity index (χ3v) is 5.04. The lowest BCUT2D eigenvalue weighted by atomic mass is 10.1. The molecule has 0 radical (unpaired) electrons. The summed E-state index contributed by atoms with van der Waals surface area (Å²) in [6.07, 6.45) is 3.79. The van der Waals surface area contributed by atoms with Crippen molar-refractivity contribution < 1.29 is 9.53 Å². The van der Waals surface area contributed by atoms with Crippen LogP contribution in [0.4, 0.5) is 0 Å². The first-order chi connectivity index (χ1) is 10.1. The van der Waals surface area contributed by atoms with Crippen LogP contribution in [0.3, 0.4) is 0 Å². The molecule has 3 rings (SSSR count). The highest BCUT2D eigenvalue weighted by molar-refractivity contribution is 7.09. The van der Waals surface area contributed by atoms with Crippen molar-refractivity contribution in [2.45, 2.75) is 51.4 Å². The van der Waals surface area contributed by atoms with Gasteiger partial charge in [-0.3, -0.25) is 9.69 Å². The largest absolute Gasteiger partial charge is 0.375 e. The van der Waals surface area contributed by atoms with Crippen molar-refractivity contribution >= 4 is 17.2 Å². The van der Waals surface area contributed by atoms with E-state index in [9.17, 15) is 4.79 Å². The SMILES string of the molecule is CC(C)NC(=O)[C@H]1C[C@@H]2[C@@H](C1)OCCN2Cc1nccs1. The summed E-state index contributed by atoms with van der Waals surface area (Å²) in [5, 5.41) is 6.19. The lowest BCUT2D eigenvalue weighted by Crippen LogP contribution is -2.47. The minimum Gasteiger partial charge on any atom is -0.375 e. The Morgan fingerprint density at radius 2 is 2.43 bits per heavy atom. The number of ether oxygens (including phenoxy) is 1. The van der Waals surface area contributed by atoms with Gasteiger partial charge in [0.1, 0.15) is 5.01 Å². The molecule has 2 fully saturated rings. The minimum atomic E-state index is 0.0827. The van der Waals surface area contributed by atoms with Gasteiger partial charge in [-0.2, -0.15) is 0 Å². The van der Waals surface area contributed by atoms with Crippen LogP contribution >= 0.6 is 11.3 Å². The van der Waals surface area contributed by atoms with Crippen LogP contribution < -0.4 is 5.32 Å². The molecule has 0 aromatic carbocycles. The van der Waals surface area contributed by atoms with Gasteiger partial charge in [0.15, 0.2) is 0 Å². The van der Waals surface area contributed by atoms with E-state index in [-0.39, 0.29) is 24.0 Å². The number of rotatable bonds is 4. The van der Waals surface area contributed by atoms with Crippen LogP contribution in [0.15, 0.2) is 11.6 Å². The van der Waals surface area contributed by atoms with Gasteiger partial charge in [-0.1, -0.05) is 0 Å². The van der Waals surface area contributed by atoms with Gasteiger partial charge in [0.25, 0.3) is 0 Å². The molecule has 1 saturated heterocycles. The number of carbonyl (C=O) groups is 1. The summed E-state index contributed by atoms with van der Waals surface area (Å²) in [5.41, 5.74) is 0. The molecule has 1 aromatic rings. The van der Waals surface area contributed by atoms with Gasteiger partial charge in [-0.25, -0.2) is 4.98 Å². The van der Waals surface area contributed by atoms with E-state index in [4.69, 9.17) is 4.74 Å². The normalized spacial score (nSPS) is 29.6. The number of carbonyl (C=O) groups excluding carboxylic acids is 1. The molecule has 0 spiro atoms. The highest BCUT2D eigenvalue weighted by Crippen LogP contribution is 2.35. The zero-order valence-corrected chi connectivity index (χ0v) is 13.4. The van der Waals surface area contributed by atoms with Crippen LogP contribution in [0.25, 0.3) is 0 Å². The van der Waals surface area contributed by atoms with Crippen molar-refractivity contribution in [3.63, 3.8) is 0 Å². The molecular formula is C15H23N3O2S.